The van der Waals surface area contributed by atoms with Crippen LogP contribution >= 0.6 is 0 Å². The molecule has 0 saturated carbocycles. The Bertz CT molecular complexity index is 741. The van der Waals surface area contributed by atoms with Crippen LogP contribution in [-0.4, -0.2) is 10.1 Å². The standard InChI is InChI=1S/C16H15NO3/c1-10-4-3-5-11(2)16(10)19-9-15-17-13-7-6-12(18)8-14(13)20-15/h3-8,18H,9H2,1-2H3. The van der Waals surface area contributed by atoms with Gasteiger partial charge >= 0.3 is 0 Å². The Labute approximate surface area is 116 Å². The molecular weight excluding hydrogens is 254 g/mol. The zero-order valence-corrected chi connectivity index (χ0v) is 11.4. The molecule has 4 nitrogen and oxygen atoms in total. The van der Waals surface area contributed by atoms with Gasteiger partial charge in [-0.2, -0.15) is 0 Å². The minimum Gasteiger partial charge on any atom is -0.508 e. The lowest BCUT2D eigenvalue weighted by Crippen LogP contribution is -1.98. The van der Waals surface area contributed by atoms with Crippen LogP contribution in [-0.2, 0) is 6.61 Å². The first kappa shape index (κ1) is 12.5. The maximum atomic E-state index is 9.40. The first-order valence-corrected chi connectivity index (χ1v) is 6.41. The SMILES string of the molecule is Cc1cccc(C)c1OCc1nc2ccc(O)cc2o1. The Morgan fingerprint density at radius 3 is 2.65 bits per heavy atom. The molecule has 0 saturated heterocycles. The third-order valence-corrected chi connectivity index (χ3v) is 3.17. The summed E-state index contributed by atoms with van der Waals surface area (Å²) in [6.45, 7) is 4.28. The van der Waals surface area contributed by atoms with E-state index in [1.165, 1.54) is 0 Å². The number of nitrogens with zero attached hydrogens (tertiary/aromatic N) is 1. The van der Waals surface area contributed by atoms with E-state index in [2.05, 4.69) is 4.98 Å². The smallest absolute Gasteiger partial charge is 0.233 e. The Morgan fingerprint density at radius 1 is 1.15 bits per heavy atom. The monoisotopic (exact) mass is 269 g/mol. The highest BCUT2D eigenvalue weighted by molar-refractivity contribution is 5.74. The van der Waals surface area contributed by atoms with Crippen LogP contribution in [0, 0.1) is 13.8 Å². The molecule has 3 rings (SSSR count). The minimum atomic E-state index is 0.163. The number of aromatic hydroxyl groups is 1. The van der Waals surface area contributed by atoms with E-state index < -0.39 is 0 Å². The maximum absolute atomic E-state index is 9.40. The van der Waals surface area contributed by atoms with Crippen LogP contribution in [0.15, 0.2) is 40.8 Å². The van der Waals surface area contributed by atoms with Crippen molar-refractivity contribution >= 4 is 11.1 Å². The minimum absolute atomic E-state index is 0.163. The van der Waals surface area contributed by atoms with E-state index in [9.17, 15) is 5.11 Å². The molecule has 1 aromatic heterocycles. The van der Waals surface area contributed by atoms with Gasteiger partial charge in [-0.3, -0.25) is 0 Å². The van der Waals surface area contributed by atoms with Crippen molar-refractivity contribution in [1.82, 2.24) is 4.98 Å². The molecule has 0 radical (unpaired) electrons. The number of benzene rings is 2. The first-order valence-electron chi connectivity index (χ1n) is 6.41. The summed E-state index contributed by atoms with van der Waals surface area (Å²) < 4.78 is 11.3. The fourth-order valence-electron chi connectivity index (χ4n) is 2.18. The molecule has 0 aliphatic heterocycles. The molecule has 1 N–H and O–H groups in total. The van der Waals surface area contributed by atoms with E-state index in [0.717, 1.165) is 16.9 Å². The summed E-state index contributed by atoms with van der Waals surface area (Å²) in [5.41, 5.74) is 3.44. The fraction of sp³-hybridized carbons (Fsp3) is 0.188. The molecule has 3 aromatic rings. The molecule has 0 atom stereocenters. The summed E-state index contributed by atoms with van der Waals surface area (Å²) in [4.78, 5) is 4.33. The van der Waals surface area contributed by atoms with Crippen molar-refractivity contribution in [2.75, 3.05) is 0 Å². The molecule has 0 unspecified atom stereocenters. The number of phenols is 1. The van der Waals surface area contributed by atoms with E-state index in [1.54, 1.807) is 18.2 Å². The summed E-state index contributed by atoms with van der Waals surface area (Å²) in [6, 6.07) is 10.9. The van der Waals surface area contributed by atoms with Gasteiger partial charge < -0.3 is 14.3 Å². The van der Waals surface area contributed by atoms with Crippen molar-refractivity contribution in [3.63, 3.8) is 0 Å². The molecule has 0 aliphatic rings. The number of para-hydroxylation sites is 1. The molecule has 0 amide bonds. The number of aromatic nitrogens is 1. The molecule has 0 spiro atoms. The van der Waals surface area contributed by atoms with Crippen molar-refractivity contribution in [3.05, 3.63) is 53.4 Å². The molecule has 2 aromatic carbocycles. The number of ether oxygens (including phenoxy) is 1. The predicted molar refractivity (Wildman–Crippen MR) is 75.9 cm³/mol. The number of phenolic OH excluding ortho intramolecular Hbond substituents is 1. The van der Waals surface area contributed by atoms with Gasteiger partial charge in [0.05, 0.1) is 0 Å². The van der Waals surface area contributed by atoms with Gasteiger partial charge in [-0.15, -0.1) is 0 Å². The third-order valence-electron chi connectivity index (χ3n) is 3.17. The van der Waals surface area contributed by atoms with Crippen molar-refractivity contribution in [3.8, 4) is 11.5 Å². The zero-order chi connectivity index (χ0) is 14.1. The molecule has 0 bridgehead atoms. The highest BCUT2D eigenvalue weighted by atomic mass is 16.5. The number of hydrogen-bond donors (Lipinski definition) is 1. The van der Waals surface area contributed by atoms with Crippen LogP contribution in [0.3, 0.4) is 0 Å². The van der Waals surface area contributed by atoms with Crippen molar-refractivity contribution < 1.29 is 14.3 Å². The lowest BCUT2D eigenvalue weighted by Gasteiger charge is -2.09. The summed E-state index contributed by atoms with van der Waals surface area (Å²) in [5.74, 6) is 1.52. The van der Waals surface area contributed by atoms with E-state index in [-0.39, 0.29) is 12.4 Å². The van der Waals surface area contributed by atoms with E-state index >= 15 is 0 Å². The Kier molecular flexibility index (Phi) is 3.06. The normalized spacial score (nSPS) is 10.9. The van der Waals surface area contributed by atoms with Crippen LogP contribution in [0.4, 0.5) is 0 Å². The van der Waals surface area contributed by atoms with Gasteiger partial charge in [0.2, 0.25) is 5.89 Å². The Balaban J connectivity index is 1.83. The topological polar surface area (TPSA) is 55.5 Å². The summed E-state index contributed by atoms with van der Waals surface area (Å²) in [7, 11) is 0. The van der Waals surface area contributed by atoms with Gasteiger partial charge in [0.25, 0.3) is 0 Å². The van der Waals surface area contributed by atoms with Gasteiger partial charge in [0.1, 0.15) is 17.0 Å². The molecule has 102 valence electrons. The molecule has 0 fully saturated rings. The van der Waals surface area contributed by atoms with E-state index in [1.807, 2.05) is 32.0 Å². The predicted octanol–water partition coefficient (Wildman–Crippen LogP) is 3.73. The number of aryl methyl sites for hydroxylation is 2. The molecule has 0 aliphatic carbocycles. The second-order valence-electron chi connectivity index (χ2n) is 4.77. The molecule has 20 heavy (non-hydrogen) atoms. The van der Waals surface area contributed by atoms with Crippen molar-refractivity contribution in [2.24, 2.45) is 0 Å². The highest BCUT2D eigenvalue weighted by Gasteiger charge is 2.09. The Morgan fingerprint density at radius 2 is 1.90 bits per heavy atom. The van der Waals surface area contributed by atoms with Crippen LogP contribution < -0.4 is 4.74 Å². The Hall–Kier alpha value is -2.49. The van der Waals surface area contributed by atoms with E-state index in [0.29, 0.717) is 17.0 Å². The molecular formula is C16H15NO3. The number of fused-ring (bicyclic) bond motifs is 1. The van der Waals surface area contributed by atoms with Gasteiger partial charge in [-0.05, 0) is 37.1 Å². The average molecular weight is 269 g/mol. The van der Waals surface area contributed by atoms with Gasteiger partial charge in [-0.1, -0.05) is 18.2 Å². The second kappa shape index (κ2) is 4.89. The van der Waals surface area contributed by atoms with Crippen LogP contribution in [0.25, 0.3) is 11.1 Å². The van der Waals surface area contributed by atoms with Crippen molar-refractivity contribution in [1.29, 1.82) is 0 Å². The highest BCUT2D eigenvalue weighted by Crippen LogP contribution is 2.25. The quantitative estimate of drug-likeness (QED) is 0.787. The number of oxazole rings is 1. The summed E-state index contributed by atoms with van der Waals surface area (Å²) in [6.07, 6.45) is 0. The van der Waals surface area contributed by atoms with Crippen LogP contribution in [0.5, 0.6) is 11.5 Å². The average Bonchev–Trinajstić information content (AvgIpc) is 2.80. The van der Waals surface area contributed by atoms with E-state index in [4.69, 9.17) is 9.15 Å². The fourth-order valence-corrected chi connectivity index (χ4v) is 2.18. The third kappa shape index (κ3) is 2.32. The lowest BCUT2D eigenvalue weighted by atomic mass is 10.1. The molecule has 1 heterocycles. The summed E-state index contributed by atoms with van der Waals surface area (Å²) >= 11 is 0. The van der Waals surface area contributed by atoms with Crippen LogP contribution in [0.2, 0.25) is 0 Å². The first-order chi connectivity index (χ1) is 9.63. The summed E-state index contributed by atoms with van der Waals surface area (Å²) in [5, 5.41) is 9.40. The zero-order valence-electron chi connectivity index (χ0n) is 11.4. The number of rotatable bonds is 3. The van der Waals surface area contributed by atoms with Crippen LogP contribution in [0.1, 0.15) is 17.0 Å². The van der Waals surface area contributed by atoms with Gasteiger partial charge in [0, 0.05) is 6.07 Å². The largest absolute Gasteiger partial charge is 0.508 e. The number of hydrogen-bond acceptors (Lipinski definition) is 4. The lowest BCUT2D eigenvalue weighted by molar-refractivity contribution is 0.264. The van der Waals surface area contributed by atoms with Gasteiger partial charge in [0.15, 0.2) is 12.2 Å². The molecule has 4 heteroatoms. The maximum Gasteiger partial charge on any atom is 0.233 e. The van der Waals surface area contributed by atoms with Gasteiger partial charge in [-0.25, -0.2) is 4.98 Å². The van der Waals surface area contributed by atoms with Crippen molar-refractivity contribution in [2.45, 2.75) is 20.5 Å². The second-order valence-corrected chi connectivity index (χ2v) is 4.77.